The third-order valence-corrected chi connectivity index (χ3v) is 4.61. The maximum atomic E-state index is 8.44. The summed E-state index contributed by atoms with van der Waals surface area (Å²) in [7, 11) is 0. The van der Waals surface area contributed by atoms with Crippen LogP contribution in [0.15, 0.2) is 73.2 Å². The second-order valence-electron chi connectivity index (χ2n) is 7.45. The van der Waals surface area contributed by atoms with Crippen LogP contribution in [0.5, 0.6) is 0 Å². The van der Waals surface area contributed by atoms with Crippen LogP contribution in [0, 0.1) is 16.2 Å². The first-order valence-electron chi connectivity index (χ1n) is 10.2. The highest BCUT2D eigenvalue weighted by Crippen LogP contribution is 2.04. The van der Waals surface area contributed by atoms with Gasteiger partial charge in [0, 0.05) is 91.7 Å². The molecule has 0 fully saturated rings. The Labute approximate surface area is 182 Å². The summed E-state index contributed by atoms with van der Waals surface area (Å²) in [5.74, 6) is 0. The Hall–Kier alpha value is -3.58. The summed E-state index contributed by atoms with van der Waals surface area (Å²) in [6.45, 7) is 1.14. The van der Waals surface area contributed by atoms with E-state index in [2.05, 4.69) is 15.0 Å². The van der Waals surface area contributed by atoms with E-state index in [9.17, 15) is 0 Å². The van der Waals surface area contributed by atoms with Crippen molar-refractivity contribution in [2.75, 3.05) is 19.6 Å². The van der Waals surface area contributed by atoms with E-state index in [-0.39, 0.29) is 0 Å². The van der Waals surface area contributed by atoms with Crippen LogP contribution < -0.4 is 0 Å². The van der Waals surface area contributed by atoms with Crippen molar-refractivity contribution in [3.63, 3.8) is 0 Å². The number of hydrogen-bond donors (Lipinski definition) is 3. The average molecular weight is 414 g/mol. The topological polar surface area (TPSA) is 113 Å². The van der Waals surface area contributed by atoms with E-state index in [4.69, 9.17) is 16.2 Å². The van der Waals surface area contributed by atoms with Crippen molar-refractivity contribution >= 4 is 17.1 Å². The van der Waals surface area contributed by atoms with Crippen molar-refractivity contribution in [2.45, 2.75) is 19.3 Å². The quantitative estimate of drug-likeness (QED) is 0.395. The molecule has 0 spiro atoms. The van der Waals surface area contributed by atoms with Gasteiger partial charge in [0.15, 0.2) is 0 Å². The van der Waals surface area contributed by atoms with Gasteiger partial charge < -0.3 is 16.2 Å². The molecule has 0 amide bonds. The summed E-state index contributed by atoms with van der Waals surface area (Å²) < 4.78 is 0. The van der Waals surface area contributed by atoms with Crippen molar-refractivity contribution < 1.29 is 0 Å². The first-order chi connectivity index (χ1) is 15.1. The summed E-state index contributed by atoms with van der Waals surface area (Å²) >= 11 is 0. The molecule has 3 rings (SSSR count). The lowest BCUT2D eigenvalue weighted by Crippen LogP contribution is -2.39. The highest BCUT2D eigenvalue weighted by molar-refractivity contribution is 5.90. The molecule has 0 saturated heterocycles. The second kappa shape index (κ2) is 11.6. The van der Waals surface area contributed by atoms with Crippen molar-refractivity contribution in [1.29, 1.82) is 16.2 Å². The molecule has 7 heteroatoms. The molecular formula is C24H27N7. The van der Waals surface area contributed by atoms with Crippen LogP contribution >= 0.6 is 0 Å². The van der Waals surface area contributed by atoms with Gasteiger partial charge in [-0.1, -0.05) is 18.2 Å². The van der Waals surface area contributed by atoms with Crippen LogP contribution in [0.3, 0.4) is 0 Å². The molecule has 0 atom stereocenters. The fraction of sp³-hybridized carbons (Fsp3) is 0.250. The van der Waals surface area contributed by atoms with Gasteiger partial charge >= 0.3 is 0 Å². The molecule has 7 nitrogen and oxygen atoms in total. The first-order valence-corrected chi connectivity index (χ1v) is 10.2. The second-order valence-corrected chi connectivity index (χ2v) is 7.45. The van der Waals surface area contributed by atoms with Gasteiger partial charge in [0.1, 0.15) is 0 Å². The molecule has 158 valence electrons. The number of hydrogen-bond acceptors (Lipinski definition) is 7. The van der Waals surface area contributed by atoms with E-state index in [0.29, 0.717) is 56.0 Å². The lowest BCUT2D eigenvalue weighted by atomic mass is 10.1. The van der Waals surface area contributed by atoms with E-state index in [0.717, 1.165) is 17.1 Å². The van der Waals surface area contributed by atoms with E-state index >= 15 is 0 Å². The first kappa shape index (κ1) is 22.1. The number of rotatable bonds is 12. The Morgan fingerprint density at radius 1 is 0.548 bits per heavy atom. The predicted octanol–water partition coefficient (Wildman–Crippen LogP) is 3.26. The third-order valence-electron chi connectivity index (χ3n) is 4.61. The van der Waals surface area contributed by atoms with Gasteiger partial charge in [-0.05, 0) is 36.4 Å². The maximum Gasteiger partial charge on any atom is 0.0460 e. The zero-order valence-corrected chi connectivity index (χ0v) is 17.5. The smallest absolute Gasteiger partial charge is 0.0460 e. The molecule has 31 heavy (non-hydrogen) atoms. The minimum Gasteiger partial charge on any atom is -0.308 e. The molecule has 0 aromatic carbocycles. The molecule has 3 N–H and O–H groups in total. The Bertz CT molecular complexity index is 856. The van der Waals surface area contributed by atoms with E-state index in [1.54, 1.807) is 18.6 Å². The number of pyridine rings is 3. The van der Waals surface area contributed by atoms with Crippen molar-refractivity contribution in [3.05, 3.63) is 90.3 Å². The van der Waals surface area contributed by atoms with Crippen LogP contribution in [0.2, 0.25) is 0 Å². The van der Waals surface area contributed by atoms with Gasteiger partial charge in [0.25, 0.3) is 0 Å². The van der Waals surface area contributed by atoms with E-state index in [1.165, 1.54) is 0 Å². The lowest BCUT2D eigenvalue weighted by molar-refractivity contribution is 0.399. The standard InChI is InChI=1S/C24H27N7/c25-19(13-22-7-1-4-10-28-22)16-31(17-20(26)14-23-8-2-5-11-29-23)18-21(27)15-24-9-3-6-12-30-24/h1-12,25-27H,13-18H2. The lowest BCUT2D eigenvalue weighted by Gasteiger charge is -2.23. The monoisotopic (exact) mass is 413 g/mol. The van der Waals surface area contributed by atoms with Crippen LogP contribution in [-0.2, 0) is 19.3 Å². The predicted molar refractivity (Wildman–Crippen MR) is 123 cm³/mol. The summed E-state index contributed by atoms with van der Waals surface area (Å²) in [4.78, 5) is 14.9. The number of aromatic nitrogens is 3. The summed E-state index contributed by atoms with van der Waals surface area (Å²) in [5, 5.41) is 25.3. The zero-order chi connectivity index (χ0) is 21.9. The zero-order valence-electron chi connectivity index (χ0n) is 17.5. The fourth-order valence-corrected chi connectivity index (χ4v) is 3.31. The average Bonchev–Trinajstić information content (AvgIpc) is 2.75. The van der Waals surface area contributed by atoms with Gasteiger partial charge in [0.05, 0.1) is 0 Å². The molecule has 0 aliphatic carbocycles. The molecule has 0 unspecified atom stereocenters. The van der Waals surface area contributed by atoms with Crippen molar-refractivity contribution in [2.24, 2.45) is 0 Å². The molecule has 3 aromatic heterocycles. The Kier molecular flexibility index (Phi) is 8.25. The Balaban J connectivity index is 1.62. The Morgan fingerprint density at radius 2 is 0.871 bits per heavy atom. The van der Waals surface area contributed by atoms with E-state index in [1.807, 2.05) is 59.5 Å². The molecule has 0 bridgehead atoms. The maximum absolute atomic E-state index is 8.44. The SMILES string of the molecule is N=C(Cc1ccccn1)CN(CC(=N)Cc1ccccn1)CC(=N)Cc1ccccn1. The largest absolute Gasteiger partial charge is 0.308 e. The Morgan fingerprint density at radius 3 is 1.13 bits per heavy atom. The minimum atomic E-state index is 0.381. The highest BCUT2D eigenvalue weighted by atomic mass is 15.1. The van der Waals surface area contributed by atoms with Crippen molar-refractivity contribution in [3.8, 4) is 0 Å². The molecule has 0 aliphatic heterocycles. The van der Waals surface area contributed by atoms with Crippen LogP contribution in [0.1, 0.15) is 17.1 Å². The number of nitrogens with zero attached hydrogens (tertiary/aromatic N) is 4. The molecule has 3 aromatic rings. The summed E-state index contributed by atoms with van der Waals surface area (Å²) in [6.07, 6.45) is 6.55. The van der Waals surface area contributed by atoms with Crippen LogP contribution in [0.4, 0.5) is 0 Å². The molecule has 3 heterocycles. The van der Waals surface area contributed by atoms with E-state index < -0.39 is 0 Å². The van der Waals surface area contributed by atoms with Crippen LogP contribution in [0.25, 0.3) is 0 Å². The fourth-order valence-electron chi connectivity index (χ4n) is 3.31. The van der Waals surface area contributed by atoms with Gasteiger partial charge in [-0.3, -0.25) is 19.9 Å². The highest BCUT2D eigenvalue weighted by Gasteiger charge is 2.15. The molecule has 0 radical (unpaired) electrons. The molecule has 0 saturated carbocycles. The summed E-state index contributed by atoms with van der Waals surface area (Å²) in [6, 6.07) is 17.0. The van der Waals surface area contributed by atoms with Gasteiger partial charge in [0.2, 0.25) is 0 Å². The minimum absolute atomic E-state index is 0.381. The molecular weight excluding hydrogens is 386 g/mol. The number of nitrogens with one attached hydrogen (secondary N) is 3. The van der Waals surface area contributed by atoms with Gasteiger partial charge in [-0.2, -0.15) is 0 Å². The van der Waals surface area contributed by atoms with Crippen LogP contribution in [-0.4, -0.2) is 56.6 Å². The van der Waals surface area contributed by atoms with Gasteiger partial charge in [-0.15, -0.1) is 0 Å². The third kappa shape index (κ3) is 7.98. The van der Waals surface area contributed by atoms with Gasteiger partial charge in [-0.25, -0.2) is 0 Å². The van der Waals surface area contributed by atoms with Crippen molar-refractivity contribution in [1.82, 2.24) is 19.9 Å². The normalized spacial score (nSPS) is 10.7. The summed E-state index contributed by atoms with van der Waals surface area (Å²) in [5.41, 5.74) is 4.07. The molecule has 0 aliphatic rings.